The van der Waals surface area contributed by atoms with E-state index < -0.39 is 36.0 Å². The van der Waals surface area contributed by atoms with Gasteiger partial charge >= 0.3 is 13.2 Å². The minimum atomic E-state index is -0.880. The summed E-state index contributed by atoms with van der Waals surface area (Å²) in [6.45, 7) is 7.68. The van der Waals surface area contributed by atoms with Gasteiger partial charge in [0.15, 0.2) is 11.6 Å². The molecule has 0 aromatic heterocycles. The number of hydrogen-bond donors (Lipinski definition) is 1. The topological polar surface area (TPSA) is 66.0 Å². The highest BCUT2D eigenvalue weighted by Gasteiger charge is 2.52. The molecule has 1 aliphatic carbocycles. The molecule has 0 spiro atoms. The number of alkyl carbamates (subject to hydrolysis) is 1. The van der Waals surface area contributed by atoms with Crippen molar-refractivity contribution in [3.63, 3.8) is 0 Å². The molecule has 9 heteroatoms. The molecule has 1 aliphatic heterocycles. The van der Waals surface area contributed by atoms with Crippen LogP contribution in [0.5, 0.6) is 5.75 Å². The SMILES string of the molecule is COc1c(F)cc(F)cc1C=C(CNC(=O)OCC1c2ccccc2-c2ccccc21)B1OC(C)(C)C(C)(C)O1. The van der Waals surface area contributed by atoms with Crippen LogP contribution in [0, 0.1) is 11.6 Å². The van der Waals surface area contributed by atoms with Gasteiger partial charge in [-0.1, -0.05) is 54.6 Å². The number of methoxy groups -OCH3 is 1. The Morgan fingerprint density at radius 2 is 1.55 bits per heavy atom. The van der Waals surface area contributed by atoms with Crippen LogP contribution in [0.1, 0.15) is 50.3 Å². The molecule has 5 rings (SSSR count). The first-order chi connectivity index (χ1) is 19.0. The van der Waals surface area contributed by atoms with E-state index in [9.17, 15) is 13.6 Å². The number of ether oxygens (including phenoxy) is 2. The largest absolute Gasteiger partial charge is 0.493 e. The van der Waals surface area contributed by atoms with E-state index in [-0.39, 0.29) is 30.4 Å². The van der Waals surface area contributed by atoms with E-state index in [1.54, 1.807) is 0 Å². The number of carbonyl (C=O) groups excluding carboxylic acids is 1. The summed E-state index contributed by atoms with van der Waals surface area (Å²) in [6.07, 6.45) is 0.873. The third kappa shape index (κ3) is 5.23. The van der Waals surface area contributed by atoms with Gasteiger partial charge in [0, 0.05) is 24.1 Å². The second kappa shape index (κ2) is 10.7. The van der Waals surface area contributed by atoms with Crippen LogP contribution in [-0.4, -0.2) is 44.7 Å². The molecule has 1 amide bonds. The molecule has 0 atom stereocenters. The molecule has 2 aliphatic rings. The van der Waals surface area contributed by atoms with Crippen LogP contribution >= 0.6 is 0 Å². The summed E-state index contributed by atoms with van der Waals surface area (Å²) < 4.78 is 51.7. The molecule has 0 bridgehead atoms. The maximum atomic E-state index is 14.4. The van der Waals surface area contributed by atoms with Gasteiger partial charge in [-0.2, -0.15) is 0 Å². The van der Waals surface area contributed by atoms with Crippen molar-refractivity contribution < 1.29 is 32.4 Å². The molecule has 3 aromatic carbocycles. The van der Waals surface area contributed by atoms with Crippen LogP contribution in [0.2, 0.25) is 0 Å². The summed E-state index contributed by atoms with van der Waals surface area (Å²) in [5, 5.41) is 2.76. The van der Waals surface area contributed by atoms with E-state index in [4.69, 9.17) is 18.8 Å². The Kier molecular flexibility index (Phi) is 7.46. The molecule has 208 valence electrons. The number of rotatable bonds is 7. The predicted molar refractivity (Wildman–Crippen MR) is 150 cm³/mol. The summed E-state index contributed by atoms with van der Waals surface area (Å²) in [7, 11) is 0.423. The molecule has 1 heterocycles. The molecule has 6 nitrogen and oxygen atoms in total. The van der Waals surface area contributed by atoms with Crippen molar-refractivity contribution in [3.8, 4) is 16.9 Å². The van der Waals surface area contributed by atoms with Crippen LogP contribution in [0.3, 0.4) is 0 Å². The lowest BCUT2D eigenvalue weighted by atomic mass is 9.77. The van der Waals surface area contributed by atoms with Gasteiger partial charge in [-0.25, -0.2) is 13.6 Å². The summed E-state index contributed by atoms with van der Waals surface area (Å²) in [5.41, 5.74) is 3.73. The average molecular weight is 547 g/mol. The smallest absolute Gasteiger partial charge is 0.492 e. The monoisotopic (exact) mass is 547 g/mol. The molecular formula is C31H32BF2NO5. The van der Waals surface area contributed by atoms with Crippen molar-refractivity contribution in [3.05, 3.63) is 94.5 Å². The first kappa shape index (κ1) is 27.9. The van der Waals surface area contributed by atoms with Crippen molar-refractivity contribution in [1.29, 1.82) is 0 Å². The lowest BCUT2D eigenvalue weighted by Gasteiger charge is -2.32. The standard InChI is InChI=1S/C31H32BF2NO5/c1-30(2)31(3,4)40-32(39-30)20(14-19-15-21(33)16-27(34)28(19)37-5)17-35-29(36)38-18-26-24-12-8-6-10-22(24)23-11-7-9-13-25(23)26/h6-16,26H,17-18H2,1-5H3,(H,35,36). The summed E-state index contributed by atoms with van der Waals surface area (Å²) in [5.74, 6) is -1.82. The molecule has 0 unspecified atom stereocenters. The van der Waals surface area contributed by atoms with E-state index in [1.165, 1.54) is 13.2 Å². The number of halogens is 2. The van der Waals surface area contributed by atoms with Crippen LogP contribution in [0.25, 0.3) is 17.2 Å². The fourth-order valence-electron chi connectivity index (χ4n) is 5.12. The molecular weight excluding hydrogens is 515 g/mol. The van der Waals surface area contributed by atoms with Gasteiger partial charge < -0.3 is 24.1 Å². The first-order valence-electron chi connectivity index (χ1n) is 13.2. The Bertz CT molecular complexity index is 1410. The highest BCUT2D eigenvalue weighted by molar-refractivity contribution is 6.56. The molecule has 40 heavy (non-hydrogen) atoms. The zero-order chi connectivity index (χ0) is 28.7. The number of carbonyl (C=O) groups is 1. The first-order valence-corrected chi connectivity index (χ1v) is 13.2. The Balaban J connectivity index is 1.35. The third-order valence-corrected chi connectivity index (χ3v) is 7.92. The van der Waals surface area contributed by atoms with Crippen molar-refractivity contribution in [2.24, 2.45) is 0 Å². The van der Waals surface area contributed by atoms with Crippen LogP contribution < -0.4 is 10.1 Å². The van der Waals surface area contributed by atoms with Gasteiger partial charge in [0.25, 0.3) is 0 Å². The Morgan fingerprint density at radius 3 is 2.12 bits per heavy atom. The van der Waals surface area contributed by atoms with E-state index in [0.717, 1.165) is 34.4 Å². The normalized spacial score (nSPS) is 17.4. The molecule has 1 N–H and O–H groups in total. The minimum Gasteiger partial charge on any atom is -0.493 e. The Hall–Kier alpha value is -3.69. The number of nitrogens with one attached hydrogen (secondary N) is 1. The van der Waals surface area contributed by atoms with Gasteiger partial charge in [0.1, 0.15) is 12.4 Å². The van der Waals surface area contributed by atoms with E-state index >= 15 is 0 Å². The third-order valence-electron chi connectivity index (χ3n) is 7.92. The quantitative estimate of drug-likeness (QED) is 0.341. The number of benzene rings is 3. The van der Waals surface area contributed by atoms with Gasteiger partial charge in [0.2, 0.25) is 0 Å². The van der Waals surface area contributed by atoms with Gasteiger partial charge in [-0.3, -0.25) is 0 Å². The summed E-state index contributed by atoms with van der Waals surface area (Å²) >= 11 is 0. The van der Waals surface area contributed by atoms with E-state index in [2.05, 4.69) is 17.4 Å². The lowest BCUT2D eigenvalue weighted by Crippen LogP contribution is -2.41. The van der Waals surface area contributed by atoms with Gasteiger partial charge in [-0.05, 0) is 61.5 Å². The maximum absolute atomic E-state index is 14.4. The Morgan fingerprint density at radius 1 is 0.975 bits per heavy atom. The van der Waals surface area contributed by atoms with Crippen molar-refractivity contribution >= 4 is 19.3 Å². The summed E-state index contributed by atoms with van der Waals surface area (Å²) in [6, 6.07) is 18.1. The number of amides is 1. The number of hydrogen-bond acceptors (Lipinski definition) is 5. The average Bonchev–Trinajstić information content (AvgIpc) is 3.34. The maximum Gasteiger partial charge on any atom is 0.492 e. The second-order valence-corrected chi connectivity index (χ2v) is 11.0. The molecule has 3 aromatic rings. The minimum absolute atomic E-state index is 0.0468. The predicted octanol–water partition coefficient (Wildman–Crippen LogP) is 6.53. The highest BCUT2D eigenvalue weighted by atomic mass is 19.1. The molecule has 0 radical (unpaired) electrons. The Labute approximate surface area is 233 Å². The lowest BCUT2D eigenvalue weighted by molar-refractivity contribution is 0.00578. The van der Waals surface area contributed by atoms with Gasteiger partial charge in [0.05, 0.1) is 18.3 Å². The fraction of sp³-hybridized carbons (Fsp3) is 0.323. The van der Waals surface area contributed by atoms with Crippen molar-refractivity contribution in [2.45, 2.75) is 44.8 Å². The number of fused-ring (bicyclic) bond motifs is 3. The molecule has 1 fully saturated rings. The summed E-state index contributed by atoms with van der Waals surface area (Å²) in [4.78, 5) is 12.9. The van der Waals surface area contributed by atoms with Crippen LogP contribution in [-0.2, 0) is 14.0 Å². The van der Waals surface area contributed by atoms with Crippen LogP contribution in [0.4, 0.5) is 13.6 Å². The van der Waals surface area contributed by atoms with E-state index in [1.807, 2.05) is 64.1 Å². The fourth-order valence-corrected chi connectivity index (χ4v) is 5.12. The zero-order valence-electron chi connectivity index (χ0n) is 23.2. The zero-order valence-corrected chi connectivity index (χ0v) is 23.2. The second-order valence-electron chi connectivity index (χ2n) is 11.0. The van der Waals surface area contributed by atoms with Crippen molar-refractivity contribution in [1.82, 2.24) is 5.32 Å². The van der Waals surface area contributed by atoms with Crippen LogP contribution in [0.15, 0.2) is 66.1 Å². The van der Waals surface area contributed by atoms with E-state index in [0.29, 0.717) is 5.47 Å². The van der Waals surface area contributed by atoms with Gasteiger partial charge in [-0.15, -0.1) is 0 Å². The van der Waals surface area contributed by atoms with Crippen molar-refractivity contribution in [2.75, 3.05) is 20.3 Å². The highest BCUT2D eigenvalue weighted by Crippen LogP contribution is 2.44. The molecule has 0 saturated carbocycles. The molecule has 1 saturated heterocycles.